The first kappa shape index (κ1) is 19.4. The largest absolute Gasteiger partial charge is 0.467 e. The molecule has 0 fully saturated rings. The highest BCUT2D eigenvalue weighted by atomic mass is 32.2. The van der Waals surface area contributed by atoms with Crippen molar-refractivity contribution in [2.24, 2.45) is 0 Å². The molecule has 0 aliphatic carbocycles. The van der Waals surface area contributed by atoms with Gasteiger partial charge in [-0.3, -0.25) is 10.4 Å². The fourth-order valence-corrected chi connectivity index (χ4v) is 3.65. The summed E-state index contributed by atoms with van der Waals surface area (Å²) in [6.07, 6.45) is 0. The number of carbonyl (C=O) groups is 2. The first-order chi connectivity index (χ1) is 12.0. The van der Waals surface area contributed by atoms with Gasteiger partial charge in [-0.1, -0.05) is 41.2 Å². The van der Waals surface area contributed by atoms with Crippen LogP contribution in [0, 0.1) is 10.9 Å². The summed E-state index contributed by atoms with van der Waals surface area (Å²) in [7, 11) is 1.29. The Morgan fingerprint density at radius 1 is 1.40 bits per heavy atom. The van der Waals surface area contributed by atoms with E-state index in [9.17, 15) is 9.59 Å². The maximum Gasteiger partial charge on any atom is 0.329 e. The van der Waals surface area contributed by atoms with E-state index in [-0.39, 0.29) is 0 Å². The van der Waals surface area contributed by atoms with Crippen LogP contribution in [-0.2, 0) is 15.3 Å². The maximum absolute atomic E-state index is 12.0. The highest BCUT2D eigenvalue weighted by Crippen LogP contribution is 2.15. The minimum absolute atomic E-state index is 0.332. The minimum Gasteiger partial charge on any atom is -0.467 e. The van der Waals surface area contributed by atoms with Crippen LogP contribution in [0.25, 0.3) is 0 Å². The van der Waals surface area contributed by atoms with E-state index >= 15 is 0 Å². The van der Waals surface area contributed by atoms with E-state index in [1.807, 2.05) is 31.2 Å². The number of rotatable bonds is 7. The van der Waals surface area contributed by atoms with Crippen molar-refractivity contribution in [2.45, 2.75) is 18.7 Å². The second-order valence-electron chi connectivity index (χ2n) is 5.09. The molecule has 0 aliphatic heterocycles. The number of anilines is 1. The summed E-state index contributed by atoms with van der Waals surface area (Å²) in [4.78, 5) is 23.9. The fourth-order valence-electron chi connectivity index (χ4n) is 1.86. The number of benzene rings is 1. The lowest BCUT2D eigenvalue weighted by Gasteiger charge is -2.16. The number of nitrogens with one attached hydrogen (secondary N) is 3. The molecule has 0 spiro atoms. The molecule has 10 heteroatoms. The summed E-state index contributed by atoms with van der Waals surface area (Å²) in [5, 5.41) is 11.9. The second-order valence-corrected chi connectivity index (χ2v) is 7.79. The molecule has 1 heterocycles. The Labute approximate surface area is 158 Å². The lowest BCUT2D eigenvalue weighted by atomic mass is 10.2. The smallest absolute Gasteiger partial charge is 0.329 e. The molecule has 0 saturated carbocycles. The Bertz CT molecular complexity index is 773. The SMILES string of the molecule is COC(=O)[C@H](CSCc1ccc(C)cc1)NC(=O)Nc1n[nH]c(=S)s1. The molecule has 0 radical (unpaired) electrons. The number of carbonyl (C=O) groups excluding carboxylic acids is 2. The van der Waals surface area contributed by atoms with Crippen molar-refractivity contribution in [2.75, 3.05) is 18.2 Å². The van der Waals surface area contributed by atoms with Gasteiger partial charge in [0.15, 0.2) is 3.95 Å². The van der Waals surface area contributed by atoms with Gasteiger partial charge in [0, 0.05) is 11.5 Å². The maximum atomic E-state index is 12.0. The number of aryl methyl sites for hydroxylation is 1. The van der Waals surface area contributed by atoms with Crippen LogP contribution >= 0.6 is 35.3 Å². The van der Waals surface area contributed by atoms with Crippen LogP contribution in [-0.4, -0.2) is 41.1 Å². The molecule has 0 saturated heterocycles. The summed E-state index contributed by atoms with van der Waals surface area (Å²) in [5.74, 6) is 0.628. The van der Waals surface area contributed by atoms with Crippen LogP contribution in [0.4, 0.5) is 9.93 Å². The molecule has 7 nitrogen and oxygen atoms in total. The Balaban J connectivity index is 1.87. The number of ether oxygens (including phenoxy) is 1. The van der Waals surface area contributed by atoms with Crippen molar-refractivity contribution in [3.63, 3.8) is 0 Å². The topological polar surface area (TPSA) is 96.1 Å². The Hall–Kier alpha value is -1.91. The number of hydrogen-bond acceptors (Lipinski definition) is 7. The molecule has 0 bridgehead atoms. The molecule has 2 amide bonds. The van der Waals surface area contributed by atoms with Gasteiger partial charge in [0.2, 0.25) is 5.13 Å². The molecule has 3 N–H and O–H groups in total. The van der Waals surface area contributed by atoms with Crippen LogP contribution in [0.3, 0.4) is 0 Å². The number of esters is 1. The van der Waals surface area contributed by atoms with Gasteiger partial charge in [0.1, 0.15) is 6.04 Å². The molecule has 0 aliphatic rings. The van der Waals surface area contributed by atoms with E-state index in [4.69, 9.17) is 17.0 Å². The Kier molecular flexibility index (Phi) is 7.41. The highest BCUT2D eigenvalue weighted by molar-refractivity contribution is 7.98. The molecule has 2 aromatic rings. The van der Waals surface area contributed by atoms with Crippen molar-refractivity contribution in [3.05, 3.63) is 39.3 Å². The number of nitrogens with zero attached hydrogens (tertiary/aromatic N) is 1. The quantitative estimate of drug-likeness (QED) is 0.490. The summed E-state index contributed by atoms with van der Waals surface area (Å²) < 4.78 is 5.21. The van der Waals surface area contributed by atoms with Gasteiger partial charge in [0.05, 0.1) is 7.11 Å². The average Bonchev–Trinajstić information content (AvgIpc) is 2.99. The summed E-state index contributed by atoms with van der Waals surface area (Å²) in [5.41, 5.74) is 2.35. The number of amides is 2. The van der Waals surface area contributed by atoms with Gasteiger partial charge in [-0.15, -0.1) is 5.10 Å². The van der Waals surface area contributed by atoms with Crippen LogP contribution in [0.2, 0.25) is 0 Å². The standard InChI is InChI=1S/C15H18N4O3S3/c1-9-3-5-10(6-4-9)7-24-8-11(12(20)22-2)16-13(21)17-14-18-19-15(23)25-14/h3-6,11H,7-8H2,1-2H3,(H,19,23)(H2,16,17,18,21)/t11-/m0/s1. The third-order valence-corrected chi connectivity index (χ3v) is 5.23. The molecule has 1 atom stereocenters. The lowest BCUT2D eigenvalue weighted by Crippen LogP contribution is -2.45. The number of aromatic amines is 1. The third kappa shape index (κ3) is 6.48. The van der Waals surface area contributed by atoms with Crippen molar-refractivity contribution in [1.29, 1.82) is 0 Å². The van der Waals surface area contributed by atoms with Gasteiger partial charge in [-0.05, 0) is 24.7 Å². The van der Waals surface area contributed by atoms with Crippen molar-refractivity contribution in [1.82, 2.24) is 15.5 Å². The zero-order valence-corrected chi connectivity index (χ0v) is 16.1. The van der Waals surface area contributed by atoms with Gasteiger partial charge in [-0.25, -0.2) is 9.59 Å². The van der Waals surface area contributed by atoms with Crippen molar-refractivity contribution >= 4 is 52.4 Å². The summed E-state index contributed by atoms with van der Waals surface area (Å²) in [6.45, 7) is 2.03. The van der Waals surface area contributed by atoms with E-state index < -0.39 is 18.0 Å². The predicted octanol–water partition coefficient (Wildman–Crippen LogP) is 3.11. The fraction of sp³-hybridized carbons (Fsp3) is 0.333. The Morgan fingerprint density at radius 2 is 2.12 bits per heavy atom. The van der Waals surface area contributed by atoms with E-state index in [0.717, 1.165) is 22.7 Å². The molecule has 25 heavy (non-hydrogen) atoms. The van der Waals surface area contributed by atoms with Crippen LogP contribution < -0.4 is 10.6 Å². The highest BCUT2D eigenvalue weighted by Gasteiger charge is 2.22. The number of thioether (sulfide) groups is 1. The van der Waals surface area contributed by atoms with Gasteiger partial charge >= 0.3 is 12.0 Å². The molecule has 0 unspecified atom stereocenters. The van der Waals surface area contributed by atoms with Crippen LogP contribution in [0.5, 0.6) is 0 Å². The third-order valence-electron chi connectivity index (χ3n) is 3.12. The van der Waals surface area contributed by atoms with Gasteiger partial charge in [-0.2, -0.15) is 11.8 Å². The zero-order chi connectivity index (χ0) is 18.2. The molecular weight excluding hydrogens is 380 g/mol. The van der Waals surface area contributed by atoms with Crippen molar-refractivity contribution < 1.29 is 14.3 Å². The summed E-state index contributed by atoms with van der Waals surface area (Å²) in [6, 6.07) is 6.87. The molecule has 134 valence electrons. The van der Waals surface area contributed by atoms with Gasteiger partial charge in [0.25, 0.3) is 0 Å². The van der Waals surface area contributed by atoms with Crippen molar-refractivity contribution in [3.8, 4) is 0 Å². The lowest BCUT2D eigenvalue weighted by molar-refractivity contribution is -0.142. The number of hydrogen-bond donors (Lipinski definition) is 3. The minimum atomic E-state index is -0.757. The monoisotopic (exact) mass is 398 g/mol. The predicted molar refractivity (Wildman–Crippen MR) is 103 cm³/mol. The number of H-pyrrole nitrogens is 1. The van der Waals surface area contributed by atoms with Crippen LogP contribution in [0.1, 0.15) is 11.1 Å². The van der Waals surface area contributed by atoms with Gasteiger partial charge < -0.3 is 10.1 Å². The normalized spacial score (nSPS) is 11.6. The van der Waals surface area contributed by atoms with E-state index in [0.29, 0.717) is 14.8 Å². The number of aromatic nitrogens is 2. The number of methoxy groups -OCH3 is 1. The molecular formula is C15H18N4O3S3. The van der Waals surface area contributed by atoms with E-state index in [1.54, 1.807) is 0 Å². The first-order valence-corrected chi connectivity index (χ1v) is 9.70. The summed E-state index contributed by atoms with van der Waals surface area (Å²) >= 11 is 7.56. The van der Waals surface area contributed by atoms with Crippen LogP contribution in [0.15, 0.2) is 24.3 Å². The average molecular weight is 399 g/mol. The van der Waals surface area contributed by atoms with E-state index in [2.05, 4.69) is 20.8 Å². The first-order valence-electron chi connectivity index (χ1n) is 7.32. The molecule has 1 aromatic carbocycles. The molecule has 1 aromatic heterocycles. The second kappa shape index (κ2) is 9.54. The molecule has 2 rings (SSSR count). The zero-order valence-electron chi connectivity index (χ0n) is 13.7. The number of urea groups is 1. The Morgan fingerprint density at radius 3 is 2.72 bits per heavy atom. The van der Waals surface area contributed by atoms with E-state index in [1.165, 1.54) is 24.4 Å².